The minimum atomic E-state index is -0.258. The summed E-state index contributed by atoms with van der Waals surface area (Å²) in [5, 5.41) is 3.81. The molecule has 0 heterocycles. The van der Waals surface area contributed by atoms with Gasteiger partial charge in [0, 0.05) is 31.8 Å². The van der Waals surface area contributed by atoms with Crippen molar-refractivity contribution in [3.05, 3.63) is 34.6 Å². The monoisotopic (exact) mass is 245 g/mol. The zero-order valence-corrected chi connectivity index (χ0v) is 10.4. The number of benzene rings is 1. The molecule has 0 fully saturated rings. The first-order valence-corrected chi connectivity index (χ1v) is 5.65. The first kappa shape index (κ1) is 13.4. The third kappa shape index (κ3) is 4.47. The molecular formula is C12H17ClFNO. The Morgan fingerprint density at radius 1 is 1.50 bits per heavy atom. The predicted molar refractivity (Wildman–Crippen MR) is 64.2 cm³/mol. The molecule has 1 atom stereocenters. The van der Waals surface area contributed by atoms with Gasteiger partial charge in [0.1, 0.15) is 5.82 Å². The van der Waals surface area contributed by atoms with Crippen LogP contribution < -0.4 is 5.32 Å². The maximum atomic E-state index is 12.9. The number of halogens is 2. The first-order chi connectivity index (χ1) is 7.63. The molecule has 0 aliphatic rings. The molecule has 0 radical (unpaired) electrons. The maximum Gasteiger partial charge on any atom is 0.123 e. The smallest absolute Gasteiger partial charge is 0.123 e. The summed E-state index contributed by atoms with van der Waals surface area (Å²) in [4.78, 5) is 0. The van der Waals surface area contributed by atoms with Gasteiger partial charge in [0.25, 0.3) is 0 Å². The van der Waals surface area contributed by atoms with Crippen LogP contribution in [0.15, 0.2) is 18.2 Å². The van der Waals surface area contributed by atoms with Crippen LogP contribution in [0, 0.1) is 11.7 Å². The largest absolute Gasteiger partial charge is 0.384 e. The number of rotatable bonds is 6. The normalized spacial score (nSPS) is 12.8. The van der Waals surface area contributed by atoms with Gasteiger partial charge in [0.05, 0.1) is 0 Å². The zero-order valence-electron chi connectivity index (χ0n) is 9.59. The van der Waals surface area contributed by atoms with E-state index in [4.69, 9.17) is 16.3 Å². The summed E-state index contributed by atoms with van der Waals surface area (Å²) in [5.74, 6) is 0.170. The number of nitrogens with one attached hydrogen (secondary N) is 1. The quantitative estimate of drug-likeness (QED) is 0.832. The van der Waals surface area contributed by atoms with Gasteiger partial charge in [-0.15, -0.1) is 0 Å². The van der Waals surface area contributed by atoms with Crippen molar-refractivity contribution in [2.75, 3.05) is 20.3 Å². The third-order valence-electron chi connectivity index (χ3n) is 2.27. The van der Waals surface area contributed by atoms with Crippen molar-refractivity contribution >= 4 is 11.6 Å². The van der Waals surface area contributed by atoms with Gasteiger partial charge in [-0.2, -0.15) is 0 Å². The first-order valence-electron chi connectivity index (χ1n) is 5.27. The Hall–Kier alpha value is -0.640. The Morgan fingerprint density at radius 2 is 2.25 bits per heavy atom. The van der Waals surface area contributed by atoms with Gasteiger partial charge in [-0.3, -0.25) is 0 Å². The van der Waals surface area contributed by atoms with E-state index in [-0.39, 0.29) is 5.82 Å². The summed E-state index contributed by atoms with van der Waals surface area (Å²) < 4.78 is 18.0. The minimum absolute atomic E-state index is 0.258. The summed E-state index contributed by atoms with van der Waals surface area (Å²) in [7, 11) is 1.68. The Morgan fingerprint density at radius 3 is 2.94 bits per heavy atom. The van der Waals surface area contributed by atoms with E-state index >= 15 is 0 Å². The molecule has 0 aromatic heterocycles. The summed E-state index contributed by atoms with van der Waals surface area (Å²) in [6.45, 7) is 4.19. The standard InChI is InChI=1S/C12H17ClFNO/c1-9(8-16-2)6-15-7-10-5-11(14)3-4-12(10)13/h3-5,9,15H,6-8H2,1-2H3. The lowest BCUT2D eigenvalue weighted by Crippen LogP contribution is -2.23. The van der Waals surface area contributed by atoms with Gasteiger partial charge < -0.3 is 10.1 Å². The fourth-order valence-corrected chi connectivity index (χ4v) is 1.66. The lowest BCUT2D eigenvalue weighted by atomic mass is 10.2. The van der Waals surface area contributed by atoms with E-state index in [9.17, 15) is 4.39 Å². The van der Waals surface area contributed by atoms with Gasteiger partial charge in [0.2, 0.25) is 0 Å². The van der Waals surface area contributed by atoms with Crippen molar-refractivity contribution in [2.24, 2.45) is 5.92 Å². The molecule has 0 aliphatic heterocycles. The molecule has 1 aromatic carbocycles. The van der Waals surface area contributed by atoms with Crippen LogP contribution in [0.2, 0.25) is 5.02 Å². The van der Waals surface area contributed by atoms with Crippen LogP contribution in [0.4, 0.5) is 4.39 Å². The van der Waals surface area contributed by atoms with E-state index in [2.05, 4.69) is 12.2 Å². The van der Waals surface area contributed by atoms with Gasteiger partial charge in [-0.05, 0) is 29.7 Å². The second-order valence-electron chi connectivity index (χ2n) is 3.93. The van der Waals surface area contributed by atoms with Crippen molar-refractivity contribution in [3.8, 4) is 0 Å². The molecule has 0 saturated carbocycles. The highest BCUT2D eigenvalue weighted by atomic mass is 35.5. The molecule has 90 valence electrons. The highest BCUT2D eigenvalue weighted by Gasteiger charge is 2.04. The Bertz CT molecular complexity index is 333. The fourth-order valence-electron chi connectivity index (χ4n) is 1.48. The zero-order chi connectivity index (χ0) is 12.0. The van der Waals surface area contributed by atoms with E-state index in [1.54, 1.807) is 13.2 Å². The van der Waals surface area contributed by atoms with Crippen molar-refractivity contribution in [1.29, 1.82) is 0 Å². The average molecular weight is 246 g/mol. The highest BCUT2D eigenvalue weighted by molar-refractivity contribution is 6.31. The summed E-state index contributed by atoms with van der Waals surface area (Å²) in [5.41, 5.74) is 0.784. The predicted octanol–water partition coefficient (Wildman–Crippen LogP) is 2.85. The van der Waals surface area contributed by atoms with Crippen LogP contribution >= 0.6 is 11.6 Å². The molecule has 0 aliphatic carbocycles. The van der Waals surface area contributed by atoms with Crippen LogP contribution in [-0.2, 0) is 11.3 Å². The van der Waals surface area contributed by atoms with E-state index in [0.717, 1.165) is 12.1 Å². The Balaban J connectivity index is 2.39. The molecule has 1 unspecified atom stereocenters. The van der Waals surface area contributed by atoms with Gasteiger partial charge in [0.15, 0.2) is 0 Å². The van der Waals surface area contributed by atoms with Crippen LogP contribution in [0.5, 0.6) is 0 Å². The maximum absolute atomic E-state index is 12.9. The molecule has 16 heavy (non-hydrogen) atoms. The van der Waals surface area contributed by atoms with E-state index in [1.807, 2.05) is 0 Å². The van der Waals surface area contributed by atoms with Crippen molar-refractivity contribution in [3.63, 3.8) is 0 Å². The topological polar surface area (TPSA) is 21.3 Å². The minimum Gasteiger partial charge on any atom is -0.384 e. The highest BCUT2D eigenvalue weighted by Crippen LogP contribution is 2.16. The van der Waals surface area contributed by atoms with Crippen LogP contribution in [0.25, 0.3) is 0 Å². The second-order valence-corrected chi connectivity index (χ2v) is 4.33. The van der Waals surface area contributed by atoms with E-state index < -0.39 is 0 Å². The van der Waals surface area contributed by atoms with Crippen molar-refractivity contribution < 1.29 is 9.13 Å². The van der Waals surface area contributed by atoms with Gasteiger partial charge >= 0.3 is 0 Å². The number of hydrogen-bond acceptors (Lipinski definition) is 2. The lowest BCUT2D eigenvalue weighted by molar-refractivity contribution is 0.158. The summed E-state index contributed by atoms with van der Waals surface area (Å²) in [6.07, 6.45) is 0. The Kier molecular flexibility index (Phi) is 5.74. The number of methoxy groups -OCH3 is 1. The van der Waals surface area contributed by atoms with Gasteiger partial charge in [-0.1, -0.05) is 18.5 Å². The lowest BCUT2D eigenvalue weighted by Gasteiger charge is -2.12. The average Bonchev–Trinajstić information content (AvgIpc) is 2.23. The molecule has 1 rings (SSSR count). The molecule has 4 heteroatoms. The van der Waals surface area contributed by atoms with E-state index in [1.165, 1.54) is 12.1 Å². The molecule has 0 bridgehead atoms. The van der Waals surface area contributed by atoms with Crippen LogP contribution in [0.1, 0.15) is 12.5 Å². The molecule has 0 saturated heterocycles. The third-order valence-corrected chi connectivity index (χ3v) is 2.64. The SMILES string of the molecule is COCC(C)CNCc1cc(F)ccc1Cl. The molecule has 1 aromatic rings. The molecule has 0 spiro atoms. The van der Waals surface area contributed by atoms with Crippen molar-refractivity contribution in [1.82, 2.24) is 5.32 Å². The van der Waals surface area contributed by atoms with Gasteiger partial charge in [-0.25, -0.2) is 4.39 Å². The van der Waals surface area contributed by atoms with Crippen molar-refractivity contribution in [2.45, 2.75) is 13.5 Å². The molecule has 2 nitrogen and oxygen atoms in total. The second kappa shape index (κ2) is 6.84. The Labute approximate surface area is 101 Å². The fraction of sp³-hybridized carbons (Fsp3) is 0.500. The number of hydrogen-bond donors (Lipinski definition) is 1. The van der Waals surface area contributed by atoms with E-state index in [0.29, 0.717) is 24.1 Å². The molecule has 1 N–H and O–H groups in total. The summed E-state index contributed by atoms with van der Waals surface area (Å²) in [6, 6.07) is 4.39. The van der Waals surface area contributed by atoms with Crippen LogP contribution in [-0.4, -0.2) is 20.3 Å². The van der Waals surface area contributed by atoms with Crippen LogP contribution in [0.3, 0.4) is 0 Å². The molecule has 0 amide bonds. The number of ether oxygens (including phenoxy) is 1. The molecular weight excluding hydrogens is 229 g/mol. The summed E-state index contributed by atoms with van der Waals surface area (Å²) >= 11 is 5.94.